The van der Waals surface area contributed by atoms with E-state index in [1.54, 1.807) is 7.11 Å². The second-order valence-corrected chi connectivity index (χ2v) is 8.81. The Morgan fingerprint density at radius 2 is 1.90 bits per heavy atom. The molecule has 2 bridgehead atoms. The van der Waals surface area contributed by atoms with Crippen LogP contribution < -0.4 is 4.90 Å². The third-order valence-electron chi connectivity index (χ3n) is 6.82. The molecule has 4 saturated heterocycles. The number of ether oxygens (including phenoxy) is 1. The Hall–Kier alpha value is -2.39. The zero-order valence-corrected chi connectivity index (χ0v) is 17.6. The van der Waals surface area contributed by atoms with Crippen LogP contribution in [0.2, 0.25) is 0 Å². The van der Waals surface area contributed by atoms with Gasteiger partial charge in [0, 0.05) is 44.6 Å². The van der Waals surface area contributed by atoms with Crippen molar-refractivity contribution in [2.45, 2.75) is 31.0 Å². The molecule has 0 saturated carbocycles. The molecule has 1 N–H and O–H groups in total. The summed E-state index contributed by atoms with van der Waals surface area (Å²) in [7, 11) is 1.76. The summed E-state index contributed by atoms with van der Waals surface area (Å²) in [6.45, 7) is 4.58. The van der Waals surface area contributed by atoms with E-state index < -0.39 is 5.60 Å². The SMILES string of the molecule is COC1CN(c2ccc(C#CC3(O)CN4CCC3CC4)c(Cc3ccccc3)n2)C1. The summed E-state index contributed by atoms with van der Waals surface area (Å²) in [5.41, 5.74) is 2.20. The molecule has 0 radical (unpaired) electrons. The molecular formula is C25H29N3O2. The molecule has 1 unspecified atom stereocenters. The van der Waals surface area contributed by atoms with Crippen molar-refractivity contribution < 1.29 is 9.84 Å². The third kappa shape index (κ3) is 3.83. The Morgan fingerprint density at radius 3 is 2.57 bits per heavy atom. The van der Waals surface area contributed by atoms with Gasteiger partial charge in [0.15, 0.2) is 0 Å². The van der Waals surface area contributed by atoms with Crippen molar-refractivity contribution in [3.63, 3.8) is 0 Å². The molecule has 6 rings (SSSR count). The minimum atomic E-state index is -0.900. The van der Waals surface area contributed by atoms with Gasteiger partial charge in [0.1, 0.15) is 11.4 Å². The first-order chi connectivity index (χ1) is 14.6. The summed E-state index contributed by atoms with van der Waals surface area (Å²) in [5.74, 6) is 7.83. The molecule has 5 nitrogen and oxygen atoms in total. The van der Waals surface area contributed by atoms with E-state index in [4.69, 9.17) is 9.72 Å². The number of aliphatic hydroxyl groups is 1. The van der Waals surface area contributed by atoms with E-state index in [1.165, 1.54) is 5.56 Å². The number of nitrogens with zero attached hydrogens (tertiary/aromatic N) is 3. The zero-order chi connectivity index (χ0) is 20.6. The minimum Gasteiger partial charge on any atom is -0.378 e. The number of benzene rings is 1. The standard InChI is InChI=1S/C25H29N3O2/c1-30-22-16-28(17-22)24-8-7-20(23(26-24)15-19-5-3-2-4-6-19)9-12-25(29)18-27-13-10-21(25)11-14-27/h2-8,21-22,29H,10-11,13-18H2,1H3. The lowest BCUT2D eigenvalue weighted by atomic mass is 9.75. The van der Waals surface area contributed by atoms with E-state index in [-0.39, 0.29) is 12.0 Å². The Labute approximate surface area is 178 Å². The van der Waals surface area contributed by atoms with Crippen molar-refractivity contribution in [3.8, 4) is 11.8 Å². The van der Waals surface area contributed by atoms with Crippen LogP contribution in [0.5, 0.6) is 0 Å². The number of aromatic nitrogens is 1. The fourth-order valence-electron chi connectivity index (χ4n) is 4.83. The van der Waals surface area contributed by atoms with E-state index in [9.17, 15) is 5.11 Å². The van der Waals surface area contributed by atoms with Crippen molar-refractivity contribution in [1.29, 1.82) is 0 Å². The van der Waals surface area contributed by atoms with Gasteiger partial charge in [-0.1, -0.05) is 42.2 Å². The number of hydrogen-bond acceptors (Lipinski definition) is 5. The quantitative estimate of drug-likeness (QED) is 0.794. The lowest BCUT2D eigenvalue weighted by Gasteiger charge is -2.47. The average Bonchev–Trinajstić information content (AvgIpc) is 2.74. The van der Waals surface area contributed by atoms with E-state index in [1.807, 2.05) is 12.1 Å². The lowest BCUT2D eigenvalue weighted by Crippen LogP contribution is -2.58. The molecule has 0 amide bonds. The molecule has 5 heteroatoms. The van der Waals surface area contributed by atoms with Gasteiger partial charge >= 0.3 is 0 Å². The molecule has 5 heterocycles. The Kier molecular flexibility index (Phi) is 5.24. The predicted octanol–water partition coefficient (Wildman–Crippen LogP) is 2.32. The molecule has 1 aromatic heterocycles. The number of rotatable bonds is 4. The molecule has 4 aliphatic heterocycles. The maximum atomic E-state index is 11.2. The highest BCUT2D eigenvalue weighted by Gasteiger charge is 2.44. The predicted molar refractivity (Wildman–Crippen MR) is 117 cm³/mol. The van der Waals surface area contributed by atoms with Crippen LogP contribution in [-0.4, -0.2) is 66.5 Å². The number of fused-ring (bicyclic) bond motifs is 3. The van der Waals surface area contributed by atoms with Gasteiger partial charge < -0.3 is 14.7 Å². The molecule has 30 heavy (non-hydrogen) atoms. The highest BCUT2D eigenvalue weighted by atomic mass is 16.5. The highest BCUT2D eigenvalue weighted by Crippen LogP contribution is 2.35. The Morgan fingerprint density at radius 1 is 1.13 bits per heavy atom. The van der Waals surface area contributed by atoms with Gasteiger partial charge in [-0.2, -0.15) is 0 Å². The summed E-state index contributed by atoms with van der Waals surface area (Å²) < 4.78 is 5.40. The first-order valence-electron chi connectivity index (χ1n) is 10.9. The van der Waals surface area contributed by atoms with Gasteiger partial charge in [-0.15, -0.1) is 0 Å². The van der Waals surface area contributed by atoms with Crippen LogP contribution >= 0.6 is 0 Å². The van der Waals surface area contributed by atoms with E-state index >= 15 is 0 Å². The van der Waals surface area contributed by atoms with Gasteiger partial charge in [0.2, 0.25) is 0 Å². The van der Waals surface area contributed by atoms with Crippen LogP contribution in [0.3, 0.4) is 0 Å². The molecule has 2 aromatic rings. The van der Waals surface area contributed by atoms with Gasteiger partial charge in [-0.25, -0.2) is 4.98 Å². The molecule has 0 spiro atoms. The number of hydrogen-bond donors (Lipinski definition) is 1. The number of anilines is 1. The van der Waals surface area contributed by atoms with Crippen LogP contribution in [0.1, 0.15) is 29.7 Å². The van der Waals surface area contributed by atoms with Crippen LogP contribution in [0.4, 0.5) is 5.82 Å². The first kappa shape index (κ1) is 19.6. The maximum Gasteiger partial charge on any atom is 0.141 e. The van der Waals surface area contributed by atoms with Crippen LogP contribution in [0.15, 0.2) is 42.5 Å². The largest absolute Gasteiger partial charge is 0.378 e. The van der Waals surface area contributed by atoms with Crippen molar-refractivity contribution >= 4 is 5.82 Å². The van der Waals surface area contributed by atoms with Crippen molar-refractivity contribution in [2.75, 3.05) is 44.7 Å². The number of methoxy groups -OCH3 is 1. The number of piperidine rings is 3. The smallest absolute Gasteiger partial charge is 0.141 e. The normalized spacial score (nSPS) is 28.0. The topological polar surface area (TPSA) is 48.8 Å². The van der Waals surface area contributed by atoms with Crippen LogP contribution in [0.25, 0.3) is 0 Å². The molecule has 1 aromatic carbocycles. The Balaban J connectivity index is 1.44. The summed E-state index contributed by atoms with van der Waals surface area (Å²) in [6.07, 6.45) is 3.09. The van der Waals surface area contributed by atoms with Gasteiger partial charge in [0.25, 0.3) is 0 Å². The second kappa shape index (κ2) is 8.03. The summed E-state index contributed by atoms with van der Waals surface area (Å²) in [6, 6.07) is 14.5. The molecule has 156 valence electrons. The van der Waals surface area contributed by atoms with Gasteiger partial charge in [-0.3, -0.25) is 4.90 Å². The Bertz CT molecular complexity index is 953. The van der Waals surface area contributed by atoms with Crippen LogP contribution in [0, 0.1) is 17.8 Å². The maximum absolute atomic E-state index is 11.2. The van der Waals surface area contributed by atoms with Gasteiger partial charge in [-0.05, 0) is 43.6 Å². The van der Waals surface area contributed by atoms with E-state index in [2.05, 4.69) is 52.0 Å². The molecule has 0 aliphatic carbocycles. The monoisotopic (exact) mass is 403 g/mol. The van der Waals surface area contributed by atoms with Crippen molar-refractivity contribution in [1.82, 2.24) is 9.88 Å². The molecular weight excluding hydrogens is 374 g/mol. The highest BCUT2D eigenvalue weighted by molar-refractivity contribution is 5.50. The fraction of sp³-hybridized carbons (Fsp3) is 0.480. The molecule has 4 fully saturated rings. The molecule has 1 atom stereocenters. The first-order valence-corrected chi connectivity index (χ1v) is 10.9. The lowest BCUT2D eigenvalue weighted by molar-refractivity contribution is -0.0713. The van der Waals surface area contributed by atoms with Gasteiger partial charge in [0.05, 0.1) is 11.8 Å². The van der Waals surface area contributed by atoms with Crippen molar-refractivity contribution in [3.05, 3.63) is 59.3 Å². The summed E-state index contributed by atoms with van der Waals surface area (Å²) >= 11 is 0. The van der Waals surface area contributed by atoms with E-state index in [0.717, 1.165) is 62.5 Å². The fourth-order valence-corrected chi connectivity index (χ4v) is 4.83. The minimum absolute atomic E-state index is 0.284. The summed E-state index contributed by atoms with van der Waals surface area (Å²) in [5, 5.41) is 11.2. The number of pyridine rings is 1. The van der Waals surface area contributed by atoms with Crippen LogP contribution in [-0.2, 0) is 11.2 Å². The second-order valence-electron chi connectivity index (χ2n) is 8.81. The zero-order valence-electron chi connectivity index (χ0n) is 17.6. The third-order valence-corrected chi connectivity index (χ3v) is 6.82. The van der Waals surface area contributed by atoms with Crippen molar-refractivity contribution in [2.24, 2.45) is 5.92 Å². The average molecular weight is 404 g/mol. The van der Waals surface area contributed by atoms with E-state index in [0.29, 0.717) is 6.54 Å². The molecule has 4 aliphatic rings. The summed E-state index contributed by atoms with van der Waals surface area (Å²) in [4.78, 5) is 9.54.